The first kappa shape index (κ1) is 18.3. The Balaban J connectivity index is 2.64. The fourth-order valence-electron chi connectivity index (χ4n) is 2.30. The van der Waals surface area contributed by atoms with Crippen molar-refractivity contribution >= 4 is 15.8 Å². The molecule has 1 saturated heterocycles. The third-order valence-corrected chi connectivity index (χ3v) is 7.55. The second-order valence-electron chi connectivity index (χ2n) is 7.93. The normalized spacial score (nSPS) is 21.9. The molecule has 1 rings (SSSR count). The highest BCUT2D eigenvalue weighted by atomic mass is 32.2. The highest BCUT2D eigenvalue weighted by Crippen LogP contribution is 2.46. The summed E-state index contributed by atoms with van der Waals surface area (Å²) in [5.41, 5.74) is 0.236. The maximum absolute atomic E-state index is 12.1. The van der Waals surface area contributed by atoms with Crippen LogP contribution in [0.3, 0.4) is 0 Å². The third kappa shape index (κ3) is 3.35. The van der Waals surface area contributed by atoms with Crippen molar-refractivity contribution in [3.05, 3.63) is 0 Å². The highest BCUT2D eigenvalue weighted by molar-refractivity contribution is 7.92. The van der Waals surface area contributed by atoms with Crippen LogP contribution in [0, 0.1) is 5.41 Å². The van der Waals surface area contributed by atoms with Gasteiger partial charge in [0.15, 0.2) is 15.8 Å². The van der Waals surface area contributed by atoms with Crippen molar-refractivity contribution in [1.82, 2.24) is 10.2 Å². The maximum atomic E-state index is 12.1. The number of likely N-dealkylation sites (tertiary alicyclic amines) is 1. The van der Waals surface area contributed by atoms with E-state index < -0.39 is 14.6 Å². The SMILES string of the molecule is CN=C(NCCS(=O)(=O)C(C)(C)C)N1CC(C)(C)C1(C)C. The van der Waals surface area contributed by atoms with Crippen LogP contribution in [0.15, 0.2) is 4.99 Å². The van der Waals surface area contributed by atoms with Crippen molar-refractivity contribution < 1.29 is 8.42 Å². The van der Waals surface area contributed by atoms with Gasteiger partial charge in [0.05, 0.1) is 10.5 Å². The Bertz CT molecular complexity index is 514. The van der Waals surface area contributed by atoms with Gasteiger partial charge in [-0.3, -0.25) is 4.99 Å². The molecule has 1 fully saturated rings. The predicted octanol–water partition coefficient (Wildman–Crippen LogP) is 1.90. The Hall–Kier alpha value is -0.780. The molecule has 0 radical (unpaired) electrons. The van der Waals surface area contributed by atoms with Gasteiger partial charge < -0.3 is 10.2 Å². The average molecular weight is 317 g/mol. The lowest BCUT2D eigenvalue weighted by Crippen LogP contribution is -2.72. The molecule has 0 aromatic carbocycles. The predicted molar refractivity (Wildman–Crippen MR) is 89.5 cm³/mol. The summed E-state index contributed by atoms with van der Waals surface area (Å²) in [5.74, 6) is 0.899. The molecular formula is C15H31N3O2S. The Kier molecular flexibility index (Phi) is 4.74. The number of hydrogen-bond donors (Lipinski definition) is 1. The zero-order valence-corrected chi connectivity index (χ0v) is 15.6. The molecule has 0 saturated carbocycles. The number of nitrogens with zero attached hydrogens (tertiary/aromatic N) is 2. The van der Waals surface area contributed by atoms with Crippen LogP contribution < -0.4 is 5.32 Å². The van der Waals surface area contributed by atoms with Gasteiger partial charge in [-0.15, -0.1) is 0 Å². The summed E-state index contributed by atoms with van der Waals surface area (Å²) in [6, 6.07) is 0. The fraction of sp³-hybridized carbons (Fsp3) is 0.933. The van der Waals surface area contributed by atoms with E-state index in [2.05, 4.69) is 42.9 Å². The summed E-state index contributed by atoms with van der Waals surface area (Å²) in [5, 5.41) is 3.19. The lowest BCUT2D eigenvalue weighted by atomic mass is 9.65. The first-order valence-electron chi connectivity index (χ1n) is 7.47. The van der Waals surface area contributed by atoms with Gasteiger partial charge in [0.2, 0.25) is 0 Å². The Labute approximate surface area is 130 Å². The molecule has 1 heterocycles. The molecule has 1 aliphatic heterocycles. The molecule has 0 bridgehead atoms. The molecule has 1 aliphatic rings. The summed E-state index contributed by atoms with van der Waals surface area (Å²) in [7, 11) is -1.37. The third-order valence-electron chi connectivity index (χ3n) is 4.94. The molecule has 5 nitrogen and oxygen atoms in total. The molecule has 0 aliphatic carbocycles. The largest absolute Gasteiger partial charge is 0.355 e. The Morgan fingerprint density at radius 3 is 2.10 bits per heavy atom. The Morgan fingerprint density at radius 1 is 1.24 bits per heavy atom. The van der Waals surface area contributed by atoms with Gasteiger partial charge in [-0.1, -0.05) is 13.8 Å². The number of rotatable bonds is 3. The van der Waals surface area contributed by atoms with Gasteiger partial charge in [0.25, 0.3) is 0 Å². The number of nitrogens with one attached hydrogen (secondary N) is 1. The molecule has 0 aromatic heterocycles. The highest BCUT2D eigenvalue weighted by Gasteiger charge is 2.53. The molecule has 0 atom stereocenters. The molecule has 21 heavy (non-hydrogen) atoms. The molecule has 1 N–H and O–H groups in total. The van der Waals surface area contributed by atoms with Crippen LogP contribution in [-0.4, -0.2) is 55.5 Å². The summed E-state index contributed by atoms with van der Waals surface area (Å²) >= 11 is 0. The molecule has 124 valence electrons. The summed E-state index contributed by atoms with van der Waals surface area (Å²) in [6.07, 6.45) is 0. The van der Waals surface area contributed by atoms with E-state index in [4.69, 9.17) is 0 Å². The van der Waals surface area contributed by atoms with Crippen molar-refractivity contribution in [2.45, 2.75) is 58.8 Å². The fourth-order valence-corrected chi connectivity index (χ4v) is 3.28. The lowest BCUT2D eigenvalue weighted by Gasteiger charge is -2.62. The summed E-state index contributed by atoms with van der Waals surface area (Å²) < 4.78 is 23.5. The van der Waals surface area contributed by atoms with Crippen LogP contribution >= 0.6 is 0 Å². The number of sulfone groups is 1. The van der Waals surface area contributed by atoms with Crippen LogP contribution in [-0.2, 0) is 9.84 Å². The van der Waals surface area contributed by atoms with Gasteiger partial charge in [0, 0.05) is 31.1 Å². The maximum Gasteiger partial charge on any atom is 0.194 e. The smallest absolute Gasteiger partial charge is 0.194 e. The second kappa shape index (κ2) is 5.45. The summed E-state index contributed by atoms with van der Waals surface area (Å²) in [6.45, 7) is 15.4. The summed E-state index contributed by atoms with van der Waals surface area (Å²) in [4.78, 5) is 6.49. The topological polar surface area (TPSA) is 61.8 Å². The van der Waals surface area contributed by atoms with Crippen molar-refractivity contribution in [3.8, 4) is 0 Å². The number of hydrogen-bond acceptors (Lipinski definition) is 3. The quantitative estimate of drug-likeness (QED) is 0.638. The monoisotopic (exact) mass is 317 g/mol. The minimum Gasteiger partial charge on any atom is -0.355 e. The molecule has 0 aromatic rings. The molecule has 0 amide bonds. The number of aliphatic imine (C=N–C) groups is 1. The molecule has 6 heteroatoms. The van der Waals surface area contributed by atoms with Gasteiger partial charge in [-0.05, 0) is 34.6 Å². The van der Waals surface area contributed by atoms with E-state index in [1.54, 1.807) is 27.8 Å². The van der Waals surface area contributed by atoms with Crippen LogP contribution in [0.25, 0.3) is 0 Å². The van der Waals surface area contributed by atoms with Crippen molar-refractivity contribution in [2.24, 2.45) is 10.4 Å². The number of guanidine groups is 1. The van der Waals surface area contributed by atoms with E-state index in [0.717, 1.165) is 12.5 Å². The van der Waals surface area contributed by atoms with E-state index >= 15 is 0 Å². The van der Waals surface area contributed by atoms with Crippen LogP contribution in [0.5, 0.6) is 0 Å². The van der Waals surface area contributed by atoms with Crippen molar-refractivity contribution in [2.75, 3.05) is 25.9 Å². The van der Waals surface area contributed by atoms with Crippen LogP contribution in [0.2, 0.25) is 0 Å². The van der Waals surface area contributed by atoms with Crippen molar-refractivity contribution in [1.29, 1.82) is 0 Å². The van der Waals surface area contributed by atoms with E-state index in [1.165, 1.54) is 0 Å². The van der Waals surface area contributed by atoms with Gasteiger partial charge in [0.1, 0.15) is 0 Å². The van der Waals surface area contributed by atoms with E-state index in [0.29, 0.717) is 6.54 Å². The first-order valence-corrected chi connectivity index (χ1v) is 9.12. The Morgan fingerprint density at radius 2 is 1.76 bits per heavy atom. The van der Waals surface area contributed by atoms with E-state index in [1.807, 2.05) is 0 Å². The van der Waals surface area contributed by atoms with E-state index in [9.17, 15) is 8.42 Å². The van der Waals surface area contributed by atoms with Gasteiger partial charge in [-0.2, -0.15) is 0 Å². The standard InChI is InChI=1S/C15H31N3O2S/c1-13(2,3)21(19,20)10-9-17-12(16-8)18-11-14(4,5)15(18,6)7/h9-11H2,1-8H3,(H,16,17). The van der Waals surface area contributed by atoms with Gasteiger partial charge in [-0.25, -0.2) is 8.42 Å². The minimum absolute atomic E-state index is 0.0117. The molecule has 0 unspecified atom stereocenters. The van der Waals surface area contributed by atoms with Crippen molar-refractivity contribution in [3.63, 3.8) is 0 Å². The molecule has 0 spiro atoms. The molecular weight excluding hydrogens is 286 g/mol. The van der Waals surface area contributed by atoms with E-state index in [-0.39, 0.29) is 16.7 Å². The van der Waals surface area contributed by atoms with Gasteiger partial charge >= 0.3 is 0 Å². The van der Waals surface area contributed by atoms with Crippen LogP contribution in [0.4, 0.5) is 0 Å². The first-order chi connectivity index (χ1) is 9.26. The zero-order chi connectivity index (χ0) is 16.7. The minimum atomic E-state index is -3.10. The lowest BCUT2D eigenvalue weighted by molar-refractivity contribution is -0.0666. The zero-order valence-electron chi connectivity index (χ0n) is 14.7. The van der Waals surface area contributed by atoms with Crippen LogP contribution in [0.1, 0.15) is 48.5 Å². The second-order valence-corrected chi connectivity index (χ2v) is 10.8. The average Bonchev–Trinajstić information content (AvgIpc) is 2.31.